The van der Waals surface area contributed by atoms with E-state index in [1.165, 1.54) is 17.5 Å². The first kappa shape index (κ1) is 45.2. The van der Waals surface area contributed by atoms with Gasteiger partial charge in [-0.05, 0) is 72.8 Å². The van der Waals surface area contributed by atoms with Crippen molar-refractivity contribution in [3.8, 4) is 0 Å². The molecule has 3 atom stereocenters. The van der Waals surface area contributed by atoms with Crippen molar-refractivity contribution >= 4 is 46.3 Å². The largest absolute Gasteiger partial charge is 0.370 e. The molecule has 1 fully saturated rings. The number of carbonyl (C=O) groups is 5. The van der Waals surface area contributed by atoms with E-state index in [0.717, 1.165) is 35.6 Å². The van der Waals surface area contributed by atoms with Crippen molar-refractivity contribution < 1.29 is 24.0 Å². The standard InChI is InChI=1S/C43H62N10O5/c1-3-4-15-34(38(45)55)52-39(56)36(27-29-17-18-31-13-8-9-14-33(31)26-29)53(2)40(57)35(16-10-24-48-42(46)47)51-37(54)28-49-41(58)43(50-25-23-44)21-19-32(20-22-43)30-11-6-5-7-12-30/h5-9,11-14,17-18,26,32,34-36,50H,3-4,10,15-16,19-25,27-28,44H2,1-2H3,(H2,45,55)(H,49,58)(H,51,54)(H,52,56)(H4,46,47,48)/t32?,34?,35-,36?,43?/m0/s1. The van der Waals surface area contributed by atoms with Gasteiger partial charge in [0.2, 0.25) is 29.5 Å². The van der Waals surface area contributed by atoms with Crippen LogP contribution in [-0.2, 0) is 30.4 Å². The number of likely N-dealkylation sites (N-methyl/N-ethyl adjacent to an activating group) is 1. The fourth-order valence-corrected chi connectivity index (χ4v) is 7.66. The molecule has 3 aromatic carbocycles. The zero-order valence-electron chi connectivity index (χ0n) is 33.9. The van der Waals surface area contributed by atoms with Gasteiger partial charge in [-0.3, -0.25) is 29.0 Å². The quantitative estimate of drug-likeness (QED) is 0.0418. The number of benzene rings is 3. The Labute approximate surface area is 341 Å². The molecule has 0 radical (unpaired) electrons. The maximum Gasteiger partial charge on any atom is 0.245 e. The minimum atomic E-state index is -1.10. The molecule has 314 valence electrons. The van der Waals surface area contributed by atoms with Crippen LogP contribution in [0.5, 0.6) is 0 Å². The zero-order chi connectivity index (χ0) is 42.1. The van der Waals surface area contributed by atoms with Gasteiger partial charge in [0.15, 0.2) is 5.96 Å². The molecule has 0 aliphatic heterocycles. The number of rotatable bonds is 22. The molecule has 0 spiro atoms. The second-order valence-electron chi connectivity index (χ2n) is 15.2. The number of aliphatic imine (C=N–C) groups is 1. The Balaban J connectivity index is 1.52. The number of nitrogens with one attached hydrogen (secondary N) is 4. The summed E-state index contributed by atoms with van der Waals surface area (Å²) >= 11 is 0. The van der Waals surface area contributed by atoms with Crippen molar-refractivity contribution in [2.45, 2.75) is 101 Å². The summed E-state index contributed by atoms with van der Waals surface area (Å²) < 4.78 is 0. The molecule has 2 unspecified atom stereocenters. The van der Waals surface area contributed by atoms with Gasteiger partial charge in [0.25, 0.3) is 0 Å². The molecule has 1 aliphatic carbocycles. The number of nitrogens with zero attached hydrogens (tertiary/aromatic N) is 2. The predicted molar refractivity (Wildman–Crippen MR) is 227 cm³/mol. The summed E-state index contributed by atoms with van der Waals surface area (Å²) in [5.74, 6) is -2.46. The molecular weight excluding hydrogens is 737 g/mol. The first-order valence-electron chi connectivity index (χ1n) is 20.3. The molecule has 0 saturated heterocycles. The lowest BCUT2D eigenvalue weighted by Gasteiger charge is -2.40. The monoisotopic (exact) mass is 798 g/mol. The predicted octanol–water partition coefficient (Wildman–Crippen LogP) is 1.67. The number of carbonyl (C=O) groups excluding carboxylic acids is 5. The van der Waals surface area contributed by atoms with Crippen LogP contribution in [0, 0.1) is 0 Å². The highest BCUT2D eigenvalue weighted by atomic mass is 16.2. The van der Waals surface area contributed by atoms with Gasteiger partial charge in [-0.2, -0.15) is 0 Å². The van der Waals surface area contributed by atoms with Crippen LogP contribution in [0.1, 0.15) is 81.8 Å². The minimum Gasteiger partial charge on any atom is -0.370 e. The molecule has 58 heavy (non-hydrogen) atoms. The Morgan fingerprint density at radius 1 is 0.862 bits per heavy atom. The van der Waals surface area contributed by atoms with Crippen molar-refractivity contribution in [3.05, 3.63) is 83.9 Å². The average Bonchev–Trinajstić information content (AvgIpc) is 3.23. The number of hydrogen-bond acceptors (Lipinski definition) is 8. The average molecular weight is 799 g/mol. The number of guanidine groups is 1. The molecule has 0 aromatic heterocycles. The summed E-state index contributed by atoms with van der Waals surface area (Å²) in [6.07, 6.45) is 5.07. The normalized spacial score (nSPS) is 17.9. The Morgan fingerprint density at radius 2 is 1.53 bits per heavy atom. The molecule has 15 nitrogen and oxygen atoms in total. The van der Waals surface area contributed by atoms with Crippen molar-refractivity contribution in [2.75, 3.05) is 33.2 Å². The topological polar surface area (TPSA) is 253 Å². The third-order valence-corrected chi connectivity index (χ3v) is 11.0. The highest BCUT2D eigenvalue weighted by Gasteiger charge is 2.42. The highest BCUT2D eigenvalue weighted by molar-refractivity contribution is 5.95. The zero-order valence-corrected chi connectivity index (χ0v) is 33.9. The van der Waals surface area contributed by atoms with Crippen LogP contribution in [0.4, 0.5) is 0 Å². The molecular formula is C43H62N10O5. The van der Waals surface area contributed by atoms with Crippen molar-refractivity contribution in [2.24, 2.45) is 27.9 Å². The van der Waals surface area contributed by atoms with E-state index in [0.29, 0.717) is 51.1 Å². The van der Waals surface area contributed by atoms with E-state index in [9.17, 15) is 24.0 Å². The molecule has 0 bridgehead atoms. The maximum atomic E-state index is 14.4. The van der Waals surface area contributed by atoms with Gasteiger partial charge < -0.3 is 49.1 Å². The van der Waals surface area contributed by atoms with Crippen LogP contribution in [0.15, 0.2) is 77.8 Å². The number of fused-ring (bicyclic) bond motifs is 1. The Bertz CT molecular complexity index is 1860. The minimum absolute atomic E-state index is 0.110. The van der Waals surface area contributed by atoms with Crippen LogP contribution in [0.2, 0.25) is 0 Å². The van der Waals surface area contributed by atoms with Crippen LogP contribution in [0.3, 0.4) is 0 Å². The first-order chi connectivity index (χ1) is 27.9. The van der Waals surface area contributed by atoms with Crippen molar-refractivity contribution in [1.29, 1.82) is 0 Å². The van der Waals surface area contributed by atoms with Crippen LogP contribution >= 0.6 is 0 Å². The molecule has 15 heteroatoms. The highest BCUT2D eigenvalue weighted by Crippen LogP contribution is 2.38. The third-order valence-electron chi connectivity index (χ3n) is 11.0. The summed E-state index contributed by atoms with van der Waals surface area (Å²) in [6, 6.07) is 20.7. The second kappa shape index (κ2) is 22.4. The van der Waals surface area contributed by atoms with Gasteiger partial charge >= 0.3 is 0 Å². The van der Waals surface area contributed by atoms with E-state index < -0.39 is 47.3 Å². The molecule has 4 rings (SSSR count). The summed E-state index contributed by atoms with van der Waals surface area (Å²) in [7, 11) is 1.49. The third kappa shape index (κ3) is 13.0. The van der Waals surface area contributed by atoms with E-state index in [1.807, 2.05) is 67.6 Å². The SMILES string of the molecule is CCCCC(NC(=O)C(Cc1ccc2ccccc2c1)N(C)C(=O)[C@H](CCCN=C(N)N)NC(=O)CNC(=O)C1(NCCN)CCC(c2ccccc2)CC1)C(N)=O. The number of hydrogen-bond donors (Lipinski definition) is 8. The van der Waals surface area contributed by atoms with E-state index >= 15 is 0 Å². The Kier molecular flexibility index (Phi) is 17.5. The first-order valence-corrected chi connectivity index (χ1v) is 20.3. The Hall–Kier alpha value is -5.54. The summed E-state index contributed by atoms with van der Waals surface area (Å²) in [5, 5.41) is 13.7. The second-order valence-corrected chi connectivity index (χ2v) is 15.2. The lowest BCUT2D eigenvalue weighted by atomic mass is 9.73. The summed E-state index contributed by atoms with van der Waals surface area (Å²) in [4.78, 5) is 73.5. The molecule has 5 amide bonds. The van der Waals surface area contributed by atoms with Gasteiger partial charge in [-0.15, -0.1) is 0 Å². The lowest BCUT2D eigenvalue weighted by molar-refractivity contribution is -0.142. The van der Waals surface area contributed by atoms with Gasteiger partial charge in [0, 0.05) is 33.1 Å². The van der Waals surface area contributed by atoms with E-state index in [4.69, 9.17) is 22.9 Å². The number of unbranched alkanes of at least 4 members (excludes halogenated alkanes) is 1. The van der Waals surface area contributed by atoms with Crippen LogP contribution in [-0.4, -0.2) is 97.3 Å². The van der Waals surface area contributed by atoms with E-state index in [2.05, 4.69) is 38.4 Å². The smallest absolute Gasteiger partial charge is 0.245 e. The van der Waals surface area contributed by atoms with Crippen LogP contribution in [0.25, 0.3) is 10.8 Å². The Morgan fingerprint density at radius 3 is 2.19 bits per heavy atom. The molecule has 1 aliphatic rings. The lowest BCUT2D eigenvalue weighted by Crippen LogP contribution is -2.61. The van der Waals surface area contributed by atoms with Crippen molar-refractivity contribution in [3.63, 3.8) is 0 Å². The summed E-state index contributed by atoms with van der Waals surface area (Å²) in [5.41, 5.74) is 23.7. The number of amides is 5. The molecule has 3 aromatic rings. The molecule has 0 heterocycles. The maximum absolute atomic E-state index is 14.4. The fraction of sp³-hybridized carbons (Fsp3) is 0.488. The van der Waals surface area contributed by atoms with Gasteiger partial charge in [-0.25, -0.2) is 0 Å². The van der Waals surface area contributed by atoms with Gasteiger partial charge in [0.05, 0.1) is 12.1 Å². The number of nitrogens with two attached hydrogens (primary N) is 4. The van der Waals surface area contributed by atoms with E-state index in [-0.39, 0.29) is 37.8 Å². The fourth-order valence-electron chi connectivity index (χ4n) is 7.66. The van der Waals surface area contributed by atoms with E-state index in [1.54, 1.807) is 0 Å². The molecule has 1 saturated carbocycles. The number of primary amides is 1. The molecule has 12 N–H and O–H groups in total. The van der Waals surface area contributed by atoms with Crippen LogP contribution < -0.4 is 44.2 Å². The summed E-state index contributed by atoms with van der Waals surface area (Å²) in [6.45, 7) is 2.56. The van der Waals surface area contributed by atoms with Gasteiger partial charge in [-0.1, -0.05) is 92.6 Å². The van der Waals surface area contributed by atoms with Gasteiger partial charge in [0.1, 0.15) is 18.1 Å². The van der Waals surface area contributed by atoms with Crippen molar-refractivity contribution in [1.82, 2.24) is 26.2 Å².